The summed E-state index contributed by atoms with van der Waals surface area (Å²) in [5.41, 5.74) is 0.562. The third-order valence-electron chi connectivity index (χ3n) is 1.80. The number of aliphatic hydroxyl groups excluding tert-OH is 1. The van der Waals surface area contributed by atoms with Gasteiger partial charge in [0, 0.05) is 12.1 Å². The van der Waals surface area contributed by atoms with Crippen LogP contribution in [0.15, 0.2) is 24.3 Å². The molecular weight excluding hydrogens is 214 g/mol. The van der Waals surface area contributed by atoms with Crippen LogP contribution in [0, 0.1) is 17.0 Å². The quantitative estimate of drug-likeness (QED) is 0.464. The van der Waals surface area contributed by atoms with Crippen LogP contribution in [0.3, 0.4) is 0 Å². The molecule has 0 fully saturated rings. The van der Waals surface area contributed by atoms with E-state index in [2.05, 4.69) is 11.7 Å². The maximum atomic E-state index is 10.8. The van der Waals surface area contributed by atoms with Crippen molar-refractivity contribution in [2.75, 3.05) is 0 Å². The number of carbonyl (C=O) groups excluding carboxylic acids is 1. The topological polar surface area (TPSA) is 89.7 Å². The number of hydrogen-bond acceptors (Lipinski definition) is 5. The van der Waals surface area contributed by atoms with Crippen molar-refractivity contribution in [2.45, 2.75) is 12.7 Å². The summed E-state index contributed by atoms with van der Waals surface area (Å²) in [6, 6.07) is 5.56. The first kappa shape index (κ1) is 12.1. The van der Waals surface area contributed by atoms with E-state index in [4.69, 9.17) is 5.11 Å². The summed E-state index contributed by atoms with van der Waals surface area (Å²) >= 11 is 0. The number of hydrogen-bond donors (Lipinski definition) is 1. The summed E-state index contributed by atoms with van der Waals surface area (Å²) in [6.07, 6.45) is -1.42. The van der Waals surface area contributed by atoms with E-state index in [1.807, 2.05) is 0 Å². The highest BCUT2D eigenvalue weighted by atomic mass is 16.6. The van der Waals surface area contributed by atoms with Gasteiger partial charge in [0.05, 0.1) is 4.92 Å². The molecule has 0 amide bonds. The van der Waals surface area contributed by atoms with E-state index in [9.17, 15) is 14.9 Å². The van der Waals surface area contributed by atoms with Crippen LogP contribution in [0.1, 0.15) is 5.56 Å². The van der Waals surface area contributed by atoms with Crippen molar-refractivity contribution in [3.05, 3.63) is 46.9 Å². The molecule has 85 valence electrons. The number of rotatable bonds is 4. The molecule has 1 rings (SSSR count). The Hall–Kier alpha value is -1.95. The number of non-ortho nitro benzene ring substituents is 1. The van der Waals surface area contributed by atoms with Gasteiger partial charge in [0.1, 0.15) is 6.61 Å². The maximum Gasteiger partial charge on any atom is 0.335 e. The Kier molecular flexibility index (Phi) is 3.96. The van der Waals surface area contributed by atoms with E-state index in [-0.39, 0.29) is 12.3 Å². The van der Waals surface area contributed by atoms with Crippen LogP contribution in [0.25, 0.3) is 0 Å². The average molecular weight is 224 g/mol. The van der Waals surface area contributed by atoms with Crippen LogP contribution in [0.5, 0.6) is 0 Å². The van der Waals surface area contributed by atoms with E-state index >= 15 is 0 Å². The molecule has 0 aromatic heterocycles. The number of carbonyl (C=O) groups is 1. The Morgan fingerprint density at radius 3 is 2.50 bits per heavy atom. The zero-order valence-corrected chi connectivity index (χ0v) is 8.33. The first-order valence-corrected chi connectivity index (χ1v) is 4.42. The van der Waals surface area contributed by atoms with Gasteiger partial charge in [-0.15, -0.1) is 0 Å². The number of nitro benzene ring substituents is 1. The van der Waals surface area contributed by atoms with Gasteiger partial charge in [-0.1, -0.05) is 0 Å². The van der Waals surface area contributed by atoms with Gasteiger partial charge in [-0.2, -0.15) is 0 Å². The molecule has 0 heterocycles. The molecule has 0 saturated carbocycles. The highest BCUT2D eigenvalue weighted by Crippen LogP contribution is 2.12. The van der Waals surface area contributed by atoms with E-state index in [1.54, 1.807) is 0 Å². The number of benzene rings is 1. The second-order valence-electron chi connectivity index (χ2n) is 3.05. The summed E-state index contributed by atoms with van der Waals surface area (Å²) < 4.78 is 4.67. The van der Waals surface area contributed by atoms with Crippen LogP contribution >= 0.6 is 0 Å². The summed E-state index contributed by atoms with van der Waals surface area (Å²) in [5, 5.41) is 19.1. The van der Waals surface area contributed by atoms with Crippen molar-refractivity contribution in [3.8, 4) is 0 Å². The maximum absolute atomic E-state index is 10.8. The molecule has 1 unspecified atom stereocenters. The predicted molar refractivity (Wildman–Crippen MR) is 54.3 cm³/mol. The van der Waals surface area contributed by atoms with E-state index < -0.39 is 17.0 Å². The van der Waals surface area contributed by atoms with Gasteiger partial charge in [0.15, 0.2) is 6.10 Å². The van der Waals surface area contributed by atoms with Gasteiger partial charge in [-0.3, -0.25) is 10.1 Å². The van der Waals surface area contributed by atoms with Gasteiger partial charge in [0.2, 0.25) is 0 Å². The largest absolute Gasteiger partial charge is 0.459 e. The lowest BCUT2D eigenvalue weighted by Crippen LogP contribution is -2.19. The van der Waals surface area contributed by atoms with E-state index in [1.165, 1.54) is 24.3 Å². The Morgan fingerprint density at radius 2 is 2.06 bits per heavy atom. The number of ether oxygens (including phenoxy) is 1. The van der Waals surface area contributed by atoms with Gasteiger partial charge in [-0.05, 0) is 24.6 Å². The molecular formula is C10H10NO5. The summed E-state index contributed by atoms with van der Waals surface area (Å²) in [6.45, 7) is 3.03. The van der Waals surface area contributed by atoms with Gasteiger partial charge >= 0.3 is 5.97 Å². The Bertz CT molecular complexity index is 385. The fraction of sp³-hybridized carbons (Fsp3) is 0.200. The lowest BCUT2D eigenvalue weighted by molar-refractivity contribution is -0.384. The van der Waals surface area contributed by atoms with Crippen LogP contribution in [-0.4, -0.2) is 22.1 Å². The minimum Gasteiger partial charge on any atom is -0.459 e. The standard InChI is InChI=1S/C10H10NO5/c1-7(12)10(13)16-6-8-2-4-9(5-3-8)11(14)15/h2-5,7,12H,1,6H2. The minimum absolute atomic E-state index is 0.0349. The molecule has 1 atom stereocenters. The highest BCUT2D eigenvalue weighted by Gasteiger charge is 2.10. The third-order valence-corrected chi connectivity index (χ3v) is 1.80. The molecule has 0 spiro atoms. The predicted octanol–water partition coefficient (Wildman–Crippen LogP) is 0.833. The second-order valence-corrected chi connectivity index (χ2v) is 3.05. The van der Waals surface area contributed by atoms with Crippen molar-refractivity contribution in [1.29, 1.82) is 0 Å². The molecule has 1 aromatic rings. The first-order chi connectivity index (χ1) is 7.50. The monoisotopic (exact) mass is 224 g/mol. The Balaban J connectivity index is 2.56. The lowest BCUT2D eigenvalue weighted by Gasteiger charge is -2.05. The van der Waals surface area contributed by atoms with Gasteiger partial charge in [0.25, 0.3) is 5.69 Å². The number of aliphatic hydroxyl groups is 1. The van der Waals surface area contributed by atoms with Crippen molar-refractivity contribution in [3.63, 3.8) is 0 Å². The molecule has 0 aliphatic heterocycles. The molecule has 6 nitrogen and oxygen atoms in total. The fourth-order valence-corrected chi connectivity index (χ4v) is 0.965. The molecule has 0 bridgehead atoms. The summed E-state index contributed by atoms with van der Waals surface area (Å²) in [7, 11) is 0. The lowest BCUT2D eigenvalue weighted by atomic mass is 10.2. The molecule has 0 saturated heterocycles. The van der Waals surface area contributed by atoms with E-state index in [0.717, 1.165) is 0 Å². The normalized spacial score (nSPS) is 11.9. The number of esters is 1. The van der Waals surface area contributed by atoms with E-state index in [0.29, 0.717) is 5.56 Å². The highest BCUT2D eigenvalue weighted by molar-refractivity contribution is 5.74. The van der Waals surface area contributed by atoms with Crippen molar-refractivity contribution >= 4 is 11.7 Å². The molecule has 1 aromatic carbocycles. The number of nitro groups is 1. The zero-order valence-electron chi connectivity index (χ0n) is 8.33. The third kappa shape index (κ3) is 3.32. The van der Waals surface area contributed by atoms with Crippen LogP contribution in [0.4, 0.5) is 5.69 Å². The molecule has 0 aliphatic carbocycles. The molecule has 16 heavy (non-hydrogen) atoms. The van der Waals surface area contributed by atoms with Crippen molar-refractivity contribution < 1.29 is 19.6 Å². The molecule has 6 heteroatoms. The summed E-state index contributed by atoms with van der Waals surface area (Å²) in [5.74, 6) is -0.835. The second kappa shape index (κ2) is 5.22. The van der Waals surface area contributed by atoms with Gasteiger partial charge < -0.3 is 9.84 Å². The van der Waals surface area contributed by atoms with Crippen LogP contribution < -0.4 is 0 Å². The molecule has 0 aliphatic rings. The summed E-state index contributed by atoms with van der Waals surface area (Å²) in [4.78, 5) is 20.7. The minimum atomic E-state index is -1.42. The number of nitrogens with zero attached hydrogens (tertiary/aromatic N) is 1. The fourth-order valence-electron chi connectivity index (χ4n) is 0.965. The van der Waals surface area contributed by atoms with Crippen LogP contribution in [-0.2, 0) is 16.1 Å². The first-order valence-electron chi connectivity index (χ1n) is 4.42. The van der Waals surface area contributed by atoms with Crippen LogP contribution in [0.2, 0.25) is 0 Å². The average Bonchev–Trinajstić information content (AvgIpc) is 2.26. The Labute approximate surface area is 91.6 Å². The SMILES string of the molecule is [CH2]C(O)C(=O)OCc1ccc([N+](=O)[O-])cc1. The van der Waals surface area contributed by atoms with Crippen molar-refractivity contribution in [2.24, 2.45) is 0 Å². The molecule has 1 radical (unpaired) electrons. The van der Waals surface area contributed by atoms with Crippen molar-refractivity contribution in [1.82, 2.24) is 0 Å². The Morgan fingerprint density at radius 1 is 1.50 bits per heavy atom. The van der Waals surface area contributed by atoms with Gasteiger partial charge in [-0.25, -0.2) is 4.79 Å². The zero-order chi connectivity index (χ0) is 12.1. The smallest absolute Gasteiger partial charge is 0.335 e. The molecule has 1 N–H and O–H groups in total.